The van der Waals surface area contributed by atoms with E-state index >= 15 is 0 Å². The number of aryl methyl sites for hydroxylation is 2. The van der Waals surface area contributed by atoms with Crippen LogP contribution in [0.5, 0.6) is 11.5 Å². The molecule has 0 atom stereocenters. The maximum Gasteiger partial charge on any atom is 0.343 e. The molecule has 0 radical (unpaired) electrons. The zero-order valence-corrected chi connectivity index (χ0v) is 30.4. The van der Waals surface area contributed by atoms with Gasteiger partial charge in [-0.1, -0.05) is 72.8 Å². The molecule has 0 amide bonds. The molecule has 0 aromatic heterocycles. The number of esters is 2. The molecule has 0 aliphatic rings. The van der Waals surface area contributed by atoms with E-state index in [2.05, 4.69) is 84.9 Å². The van der Waals surface area contributed by atoms with E-state index in [4.69, 9.17) is 9.47 Å². The Kier molecular flexibility index (Phi) is 10.7. The van der Waals surface area contributed by atoms with Crippen molar-refractivity contribution in [1.29, 1.82) is 0 Å². The van der Waals surface area contributed by atoms with Crippen molar-refractivity contribution in [3.05, 3.63) is 204 Å². The van der Waals surface area contributed by atoms with Gasteiger partial charge >= 0.3 is 11.9 Å². The van der Waals surface area contributed by atoms with Gasteiger partial charge in [0.05, 0.1) is 32.9 Å². The fourth-order valence-corrected chi connectivity index (χ4v) is 10.3. The average molecular weight is 717 g/mol. The van der Waals surface area contributed by atoms with Crippen molar-refractivity contribution in [1.82, 2.24) is 0 Å². The number of hydrogen-bond acceptors (Lipinski definition) is 4. The van der Waals surface area contributed by atoms with Gasteiger partial charge in [-0.25, -0.2) is 9.59 Å². The van der Waals surface area contributed by atoms with Gasteiger partial charge in [-0.2, -0.15) is 0 Å². The summed E-state index contributed by atoms with van der Waals surface area (Å²) in [6.07, 6.45) is 0. The van der Waals surface area contributed by atoms with E-state index < -0.39 is 11.9 Å². The van der Waals surface area contributed by atoms with Crippen molar-refractivity contribution in [2.24, 2.45) is 0 Å². The Labute approximate surface area is 310 Å². The Bertz CT molecular complexity index is 2170. The summed E-state index contributed by atoms with van der Waals surface area (Å²) in [4.78, 5) is 33.5. The summed E-state index contributed by atoms with van der Waals surface area (Å²) in [5.74, 6) is -0.0227. The molecule has 0 spiro atoms. The van der Waals surface area contributed by atoms with Crippen LogP contribution < -0.4 is 9.47 Å². The fraction of sp³-hybridized carbons (Fsp3) is 0.0435. The third kappa shape index (κ3) is 7.89. The van der Waals surface area contributed by atoms with Crippen LogP contribution in [0.3, 0.4) is 0 Å². The van der Waals surface area contributed by atoms with E-state index in [1.165, 1.54) is 19.6 Å². The quantitative estimate of drug-likeness (QED) is 0.0803. The molecule has 0 saturated carbocycles. The minimum absolute atomic E-state index is 0.300. The van der Waals surface area contributed by atoms with E-state index in [1.807, 2.05) is 86.6 Å². The van der Waals surface area contributed by atoms with Crippen LogP contribution in [0.4, 0.5) is 0 Å². The predicted molar refractivity (Wildman–Crippen MR) is 209 cm³/mol. The van der Waals surface area contributed by atoms with Gasteiger partial charge in [-0.05, 0) is 122 Å². The van der Waals surface area contributed by atoms with Gasteiger partial charge in [-0.3, -0.25) is 0 Å². The second-order valence-corrected chi connectivity index (χ2v) is 16.1. The zero-order valence-electron chi connectivity index (χ0n) is 28.8. The first kappa shape index (κ1) is 34.6. The highest BCUT2D eigenvalue weighted by Crippen LogP contribution is 2.36. The Morgan fingerprint density at radius 2 is 0.712 bits per heavy atom. The second kappa shape index (κ2) is 16.0. The molecule has 52 heavy (non-hydrogen) atoms. The molecule has 0 bridgehead atoms. The lowest BCUT2D eigenvalue weighted by atomic mass is 10.1. The lowest BCUT2D eigenvalue weighted by Crippen LogP contribution is -2.13. The number of rotatable bonds is 10. The molecule has 0 N–H and O–H groups in total. The summed E-state index contributed by atoms with van der Waals surface area (Å²) >= 11 is 0. The Balaban J connectivity index is 1.03. The van der Waals surface area contributed by atoms with Crippen LogP contribution in [0.25, 0.3) is 0 Å². The maximum atomic E-state index is 13.3. The standard InChI is InChI=1S/C46H36O4S2/c1-33-31-43(52(40-19-11-5-12-20-40)41-21-13-6-14-22-41)32-34(2)44(33)50-46(48)36-25-23-35(24-26-36)45(47)49-37-27-29-42(30-28-37)51(38-15-7-3-8-16-38)39-17-9-4-10-18-39/h3-32H,1-2H3/q+2. The summed E-state index contributed by atoms with van der Waals surface area (Å²) in [5, 5.41) is 0. The van der Waals surface area contributed by atoms with E-state index in [0.29, 0.717) is 22.6 Å². The molecule has 0 heterocycles. The molecule has 0 unspecified atom stereocenters. The molecule has 4 nitrogen and oxygen atoms in total. The van der Waals surface area contributed by atoms with Gasteiger partial charge in [-0.15, -0.1) is 0 Å². The fourth-order valence-electron chi connectivity index (χ4n) is 5.94. The van der Waals surface area contributed by atoms with Crippen molar-refractivity contribution >= 4 is 33.7 Å². The van der Waals surface area contributed by atoms with Gasteiger partial charge in [0.15, 0.2) is 29.4 Å². The van der Waals surface area contributed by atoms with Gasteiger partial charge < -0.3 is 9.47 Å². The highest BCUT2D eigenvalue weighted by Gasteiger charge is 2.31. The lowest BCUT2D eigenvalue weighted by molar-refractivity contribution is 0.0719. The minimum atomic E-state index is -0.507. The van der Waals surface area contributed by atoms with E-state index in [1.54, 1.807) is 24.3 Å². The van der Waals surface area contributed by atoms with E-state index in [9.17, 15) is 9.59 Å². The van der Waals surface area contributed by atoms with Crippen LogP contribution in [0.1, 0.15) is 31.8 Å². The van der Waals surface area contributed by atoms with Crippen LogP contribution in [-0.4, -0.2) is 11.9 Å². The van der Waals surface area contributed by atoms with Gasteiger partial charge in [0, 0.05) is 12.1 Å². The summed E-state index contributed by atoms with van der Waals surface area (Å²) in [7, 11) is -0.618. The second-order valence-electron chi connectivity index (χ2n) is 12.1. The highest BCUT2D eigenvalue weighted by molar-refractivity contribution is 7.97. The van der Waals surface area contributed by atoms with Crippen molar-refractivity contribution in [3.63, 3.8) is 0 Å². The highest BCUT2D eigenvalue weighted by atomic mass is 32.2. The molecule has 7 aromatic rings. The van der Waals surface area contributed by atoms with E-state index in [0.717, 1.165) is 20.9 Å². The molecular weight excluding hydrogens is 681 g/mol. The molecular formula is C46H36O4S2+2. The van der Waals surface area contributed by atoms with Gasteiger partial charge in [0.2, 0.25) is 0 Å². The molecule has 0 aliphatic carbocycles. The summed E-state index contributed by atoms with van der Waals surface area (Å²) in [6.45, 7) is 3.93. The van der Waals surface area contributed by atoms with Crippen molar-refractivity contribution < 1.29 is 19.1 Å². The third-order valence-corrected chi connectivity index (χ3v) is 12.8. The van der Waals surface area contributed by atoms with Gasteiger partial charge in [0.1, 0.15) is 11.5 Å². The minimum Gasteiger partial charge on any atom is -0.423 e. The first-order chi connectivity index (χ1) is 25.4. The normalized spacial score (nSPS) is 11.0. The number of carbonyl (C=O) groups is 2. The molecule has 0 fully saturated rings. The number of benzene rings is 7. The predicted octanol–water partition coefficient (Wildman–Crippen LogP) is 10.9. The number of ether oxygens (including phenoxy) is 2. The molecule has 0 aliphatic heterocycles. The first-order valence-corrected chi connectivity index (χ1v) is 19.3. The van der Waals surface area contributed by atoms with Crippen LogP contribution >= 0.6 is 0 Å². The smallest absolute Gasteiger partial charge is 0.343 e. The maximum absolute atomic E-state index is 13.3. The first-order valence-electron chi connectivity index (χ1n) is 16.9. The lowest BCUT2D eigenvalue weighted by Gasteiger charge is -2.14. The largest absolute Gasteiger partial charge is 0.423 e. The van der Waals surface area contributed by atoms with Crippen molar-refractivity contribution in [3.8, 4) is 11.5 Å². The zero-order chi connectivity index (χ0) is 35.9. The third-order valence-electron chi connectivity index (χ3n) is 8.41. The van der Waals surface area contributed by atoms with Crippen LogP contribution in [0, 0.1) is 13.8 Å². The van der Waals surface area contributed by atoms with Crippen molar-refractivity contribution in [2.45, 2.75) is 43.2 Å². The summed E-state index contributed by atoms with van der Waals surface area (Å²) in [6, 6.07) is 59.9. The number of carbonyl (C=O) groups excluding carboxylic acids is 2. The van der Waals surface area contributed by atoms with Crippen LogP contribution in [0.2, 0.25) is 0 Å². The molecule has 254 valence electrons. The SMILES string of the molecule is Cc1cc([S+](c2ccccc2)c2ccccc2)cc(C)c1OC(=O)c1ccc(C(=O)Oc2ccc([S+](c3ccccc3)c3ccccc3)cc2)cc1. The van der Waals surface area contributed by atoms with Crippen LogP contribution in [0.15, 0.2) is 211 Å². The average Bonchev–Trinajstić information content (AvgIpc) is 3.19. The Morgan fingerprint density at radius 3 is 1.10 bits per heavy atom. The topological polar surface area (TPSA) is 52.6 Å². The molecule has 7 aromatic carbocycles. The Hall–Kier alpha value is -5.82. The summed E-state index contributed by atoms with van der Waals surface area (Å²) < 4.78 is 11.7. The Morgan fingerprint density at radius 1 is 0.385 bits per heavy atom. The molecule has 0 saturated heterocycles. The monoisotopic (exact) mass is 716 g/mol. The summed E-state index contributed by atoms with van der Waals surface area (Å²) in [5.41, 5.74) is 2.42. The number of hydrogen-bond donors (Lipinski definition) is 0. The van der Waals surface area contributed by atoms with Crippen molar-refractivity contribution in [2.75, 3.05) is 0 Å². The molecule has 7 rings (SSSR count). The van der Waals surface area contributed by atoms with Crippen LogP contribution in [-0.2, 0) is 21.8 Å². The van der Waals surface area contributed by atoms with Gasteiger partial charge in [0.25, 0.3) is 0 Å². The molecule has 6 heteroatoms. The van der Waals surface area contributed by atoms with E-state index in [-0.39, 0.29) is 21.8 Å².